The van der Waals surface area contributed by atoms with Crippen molar-refractivity contribution in [2.75, 3.05) is 13.4 Å². The van der Waals surface area contributed by atoms with Crippen LogP contribution in [0.15, 0.2) is 29.5 Å². The molecule has 24 heavy (non-hydrogen) atoms. The minimum Gasteiger partial charge on any atom is -0.462 e. The Morgan fingerprint density at radius 1 is 1.33 bits per heavy atom. The molecule has 2 amide bonds. The maximum absolute atomic E-state index is 12.5. The van der Waals surface area contributed by atoms with Gasteiger partial charge in [-0.15, -0.1) is 0 Å². The first kappa shape index (κ1) is 16.2. The van der Waals surface area contributed by atoms with Gasteiger partial charge in [0, 0.05) is 5.70 Å². The summed E-state index contributed by atoms with van der Waals surface area (Å²) in [5.41, 5.74) is 1.59. The Hall–Kier alpha value is -2.70. The number of esters is 1. The number of urea groups is 1. The Bertz CT molecular complexity index is 711. The number of carbonyl (C=O) groups is 2. The highest BCUT2D eigenvalue weighted by Gasteiger charge is 2.33. The van der Waals surface area contributed by atoms with Gasteiger partial charge < -0.3 is 24.8 Å². The topological polar surface area (TPSA) is 85.9 Å². The van der Waals surface area contributed by atoms with Crippen LogP contribution in [0.4, 0.5) is 4.79 Å². The fourth-order valence-electron chi connectivity index (χ4n) is 2.63. The van der Waals surface area contributed by atoms with Gasteiger partial charge in [0.1, 0.15) is 0 Å². The molecule has 128 valence electrons. The summed E-state index contributed by atoms with van der Waals surface area (Å²) in [4.78, 5) is 24.4. The van der Waals surface area contributed by atoms with E-state index in [0.717, 1.165) is 5.56 Å². The van der Waals surface area contributed by atoms with E-state index in [1.165, 1.54) is 0 Å². The average molecular weight is 332 g/mol. The first-order chi connectivity index (χ1) is 11.5. The second kappa shape index (κ2) is 6.43. The van der Waals surface area contributed by atoms with E-state index in [1.807, 2.05) is 13.8 Å². The van der Waals surface area contributed by atoms with Crippen LogP contribution in [-0.4, -0.2) is 25.4 Å². The van der Waals surface area contributed by atoms with E-state index in [-0.39, 0.29) is 18.7 Å². The second-order valence-corrected chi connectivity index (χ2v) is 6.18. The minimum absolute atomic E-state index is 0.162. The number of ether oxygens (including phenoxy) is 3. The van der Waals surface area contributed by atoms with Crippen LogP contribution < -0.4 is 20.1 Å². The van der Waals surface area contributed by atoms with Crippen LogP contribution >= 0.6 is 0 Å². The molecule has 2 heterocycles. The van der Waals surface area contributed by atoms with Crippen LogP contribution in [0.5, 0.6) is 11.5 Å². The molecule has 0 fully saturated rings. The zero-order chi connectivity index (χ0) is 17.3. The predicted octanol–water partition coefficient (Wildman–Crippen LogP) is 2.24. The standard InChI is InChI=1S/C17H20N2O5/c1-9(2)7-22-16(20)14-10(3)18-17(21)19-15(14)11-4-5-12-13(6-11)24-8-23-12/h4-6,9,15H,7-8H2,1-3H3,(H2,18,19,21)/t15-/m0/s1. The number of hydrogen-bond acceptors (Lipinski definition) is 5. The first-order valence-corrected chi connectivity index (χ1v) is 7.80. The van der Waals surface area contributed by atoms with Gasteiger partial charge in [0.2, 0.25) is 6.79 Å². The number of nitrogens with one attached hydrogen (secondary N) is 2. The summed E-state index contributed by atoms with van der Waals surface area (Å²) in [5.74, 6) is 1.01. The van der Waals surface area contributed by atoms with Crippen molar-refractivity contribution in [3.8, 4) is 11.5 Å². The summed E-state index contributed by atoms with van der Waals surface area (Å²) in [7, 11) is 0. The maximum atomic E-state index is 12.5. The van der Waals surface area contributed by atoms with E-state index >= 15 is 0 Å². The Labute approximate surface area is 140 Å². The van der Waals surface area contributed by atoms with Crippen molar-refractivity contribution in [3.63, 3.8) is 0 Å². The number of benzene rings is 1. The van der Waals surface area contributed by atoms with Crippen LogP contribution in [0.3, 0.4) is 0 Å². The Morgan fingerprint density at radius 2 is 2.08 bits per heavy atom. The lowest BCUT2D eigenvalue weighted by molar-refractivity contribution is -0.140. The monoisotopic (exact) mass is 332 g/mol. The number of allylic oxidation sites excluding steroid dienone is 1. The number of hydrogen-bond donors (Lipinski definition) is 2. The number of fused-ring (bicyclic) bond motifs is 1. The molecule has 1 atom stereocenters. The van der Waals surface area contributed by atoms with Gasteiger partial charge in [-0.25, -0.2) is 9.59 Å². The fraction of sp³-hybridized carbons (Fsp3) is 0.412. The van der Waals surface area contributed by atoms with Gasteiger partial charge in [-0.1, -0.05) is 19.9 Å². The smallest absolute Gasteiger partial charge is 0.338 e. The second-order valence-electron chi connectivity index (χ2n) is 6.18. The van der Waals surface area contributed by atoms with Crippen molar-refractivity contribution >= 4 is 12.0 Å². The van der Waals surface area contributed by atoms with E-state index in [9.17, 15) is 9.59 Å². The summed E-state index contributed by atoms with van der Waals surface area (Å²) >= 11 is 0. The minimum atomic E-state index is -0.604. The molecule has 0 bridgehead atoms. The zero-order valence-corrected chi connectivity index (χ0v) is 13.8. The summed E-state index contributed by atoms with van der Waals surface area (Å²) < 4.78 is 16.0. The average Bonchev–Trinajstić information content (AvgIpc) is 2.99. The molecule has 0 spiro atoms. The summed E-state index contributed by atoms with van der Waals surface area (Å²) in [6.45, 7) is 6.09. The Balaban J connectivity index is 1.92. The molecule has 1 aromatic rings. The van der Waals surface area contributed by atoms with Crippen molar-refractivity contribution in [1.82, 2.24) is 10.6 Å². The molecule has 0 saturated carbocycles. The third-order valence-corrected chi connectivity index (χ3v) is 3.77. The lowest BCUT2D eigenvalue weighted by Gasteiger charge is -2.28. The molecule has 0 aromatic heterocycles. The van der Waals surface area contributed by atoms with Gasteiger partial charge in [0.15, 0.2) is 11.5 Å². The first-order valence-electron chi connectivity index (χ1n) is 7.80. The third-order valence-electron chi connectivity index (χ3n) is 3.77. The number of rotatable bonds is 4. The van der Waals surface area contributed by atoms with E-state index in [4.69, 9.17) is 14.2 Å². The van der Waals surface area contributed by atoms with Gasteiger partial charge in [0.25, 0.3) is 0 Å². The SMILES string of the molecule is CC1=C(C(=O)OCC(C)C)[C@H](c2ccc3c(c2)OCO3)NC(=O)N1. The van der Waals surface area contributed by atoms with Crippen LogP contribution in [0.2, 0.25) is 0 Å². The van der Waals surface area contributed by atoms with Crippen molar-refractivity contribution in [1.29, 1.82) is 0 Å². The van der Waals surface area contributed by atoms with Crippen molar-refractivity contribution < 1.29 is 23.8 Å². The van der Waals surface area contributed by atoms with Gasteiger partial charge in [-0.2, -0.15) is 0 Å². The lowest BCUT2D eigenvalue weighted by Crippen LogP contribution is -2.45. The maximum Gasteiger partial charge on any atom is 0.338 e. The van der Waals surface area contributed by atoms with E-state index in [0.29, 0.717) is 29.4 Å². The highest BCUT2D eigenvalue weighted by Crippen LogP contribution is 2.37. The molecular weight excluding hydrogens is 312 g/mol. The molecule has 0 aliphatic carbocycles. The van der Waals surface area contributed by atoms with Crippen molar-refractivity contribution in [2.24, 2.45) is 5.92 Å². The van der Waals surface area contributed by atoms with Gasteiger partial charge in [0.05, 0.1) is 18.2 Å². The van der Waals surface area contributed by atoms with Crippen molar-refractivity contribution in [2.45, 2.75) is 26.8 Å². The molecule has 0 radical (unpaired) electrons. The summed E-state index contributed by atoms with van der Waals surface area (Å²) in [6, 6.07) is 4.36. The van der Waals surface area contributed by atoms with E-state index in [2.05, 4.69) is 10.6 Å². The number of amides is 2. The normalized spacial score (nSPS) is 19.2. The highest BCUT2D eigenvalue weighted by atomic mass is 16.7. The molecule has 7 nitrogen and oxygen atoms in total. The Kier molecular flexibility index (Phi) is 4.33. The number of carbonyl (C=O) groups excluding carboxylic acids is 2. The molecule has 2 aliphatic heterocycles. The quantitative estimate of drug-likeness (QED) is 0.826. The Morgan fingerprint density at radius 3 is 2.83 bits per heavy atom. The highest BCUT2D eigenvalue weighted by molar-refractivity contribution is 5.95. The van der Waals surface area contributed by atoms with Gasteiger partial charge >= 0.3 is 12.0 Å². The molecular formula is C17H20N2O5. The van der Waals surface area contributed by atoms with Crippen LogP contribution in [0.25, 0.3) is 0 Å². The fourth-order valence-corrected chi connectivity index (χ4v) is 2.63. The summed E-state index contributed by atoms with van der Waals surface area (Å²) in [6.07, 6.45) is 0. The van der Waals surface area contributed by atoms with Gasteiger partial charge in [-0.3, -0.25) is 0 Å². The largest absolute Gasteiger partial charge is 0.462 e. The van der Waals surface area contributed by atoms with Crippen molar-refractivity contribution in [3.05, 3.63) is 35.0 Å². The molecule has 0 saturated heterocycles. The predicted molar refractivity (Wildman–Crippen MR) is 85.5 cm³/mol. The van der Waals surface area contributed by atoms with Crippen LogP contribution in [0.1, 0.15) is 32.4 Å². The molecule has 2 aliphatic rings. The molecule has 2 N–H and O–H groups in total. The third kappa shape index (κ3) is 3.15. The van der Waals surface area contributed by atoms with Crippen LogP contribution in [-0.2, 0) is 9.53 Å². The van der Waals surface area contributed by atoms with Crippen LogP contribution in [0, 0.1) is 5.92 Å². The molecule has 1 aromatic carbocycles. The van der Waals surface area contributed by atoms with Gasteiger partial charge in [-0.05, 0) is 30.5 Å². The van der Waals surface area contributed by atoms with E-state index < -0.39 is 12.0 Å². The zero-order valence-electron chi connectivity index (χ0n) is 13.8. The summed E-state index contributed by atoms with van der Waals surface area (Å²) in [5, 5.41) is 5.39. The lowest BCUT2D eigenvalue weighted by atomic mass is 9.95. The molecule has 3 rings (SSSR count). The molecule has 7 heteroatoms. The molecule has 0 unspecified atom stereocenters. The van der Waals surface area contributed by atoms with E-state index in [1.54, 1.807) is 25.1 Å².